The van der Waals surface area contributed by atoms with Crippen LogP contribution in [0, 0.1) is 0 Å². The van der Waals surface area contributed by atoms with Gasteiger partial charge in [-0.15, -0.1) is 0 Å². The Hall–Kier alpha value is -0.860. The molecule has 0 heterocycles. The van der Waals surface area contributed by atoms with Crippen molar-refractivity contribution in [3.63, 3.8) is 0 Å². The lowest BCUT2D eigenvalue weighted by Gasteiger charge is -2.23. The first-order valence-electron chi connectivity index (χ1n) is 6.07. The van der Waals surface area contributed by atoms with Crippen LogP contribution in [-0.2, 0) is 0 Å². The first-order chi connectivity index (χ1) is 7.49. The fraction of sp³-hybridized carbons (Fsp3) is 0.571. The normalized spacial score (nSPS) is 13.5. The Balaban J connectivity index is 3.34. The van der Waals surface area contributed by atoms with Gasteiger partial charge in [0.1, 0.15) is 0 Å². The third-order valence-electron chi connectivity index (χ3n) is 3.04. The Morgan fingerprint density at radius 1 is 1.00 bits per heavy atom. The molecule has 90 valence electrons. The van der Waals surface area contributed by atoms with Gasteiger partial charge in [0.15, 0.2) is 0 Å². The molecule has 0 bridgehead atoms. The molecule has 0 amide bonds. The van der Waals surface area contributed by atoms with Crippen molar-refractivity contribution >= 4 is 0 Å². The zero-order valence-corrected chi connectivity index (χ0v) is 10.8. The summed E-state index contributed by atoms with van der Waals surface area (Å²) < 4.78 is 0. The highest BCUT2D eigenvalue weighted by Gasteiger charge is 2.17. The largest absolute Gasteiger partial charge is 0.329 e. The summed E-state index contributed by atoms with van der Waals surface area (Å²) in [6.07, 6.45) is 0. The van der Waals surface area contributed by atoms with E-state index in [9.17, 15) is 0 Å². The van der Waals surface area contributed by atoms with Crippen LogP contribution in [0.5, 0.6) is 0 Å². The van der Waals surface area contributed by atoms with Crippen LogP contribution in [0.3, 0.4) is 0 Å². The Morgan fingerprint density at radius 3 is 1.75 bits per heavy atom. The van der Waals surface area contributed by atoms with E-state index in [0.29, 0.717) is 18.4 Å². The van der Waals surface area contributed by atoms with Crippen molar-refractivity contribution in [3.8, 4) is 0 Å². The van der Waals surface area contributed by atoms with E-state index in [1.54, 1.807) is 0 Å². The highest BCUT2D eigenvalue weighted by atomic mass is 14.7. The fourth-order valence-electron chi connectivity index (χ4n) is 2.15. The minimum atomic E-state index is -0.0454. The molecule has 1 aromatic rings. The van der Waals surface area contributed by atoms with Gasteiger partial charge in [0.25, 0.3) is 0 Å². The third kappa shape index (κ3) is 2.63. The van der Waals surface area contributed by atoms with Gasteiger partial charge in [-0.2, -0.15) is 0 Å². The summed E-state index contributed by atoms with van der Waals surface area (Å²) in [6, 6.07) is 6.41. The van der Waals surface area contributed by atoms with Crippen LogP contribution in [0.25, 0.3) is 0 Å². The van der Waals surface area contributed by atoms with E-state index < -0.39 is 0 Å². The van der Waals surface area contributed by atoms with Crippen molar-refractivity contribution in [2.45, 2.75) is 45.6 Å². The van der Waals surface area contributed by atoms with Crippen molar-refractivity contribution in [2.75, 3.05) is 6.54 Å². The average Bonchev–Trinajstić information content (AvgIpc) is 2.26. The summed E-state index contributed by atoms with van der Waals surface area (Å²) in [6.45, 7) is 9.31. The van der Waals surface area contributed by atoms with Gasteiger partial charge in [-0.1, -0.05) is 45.9 Å². The van der Waals surface area contributed by atoms with Crippen LogP contribution in [0.4, 0.5) is 0 Å². The van der Waals surface area contributed by atoms with Gasteiger partial charge >= 0.3 is 0 Å². The second-order valence-corrected chi connectivity index (χ2v) is 5.00. The standard InChI is InChI=1S/C14H24N2/c1-9(2)11-6-5-7-12(10(3)4)14(11)13(16)8-15/h5-7,9-10,13H,8,15-16H2,1-4H3/t13-/m0/s1. The molecule has 4 N–H and O–H groups in total. The van der Waals surface area contributed by atoms with Crippen molar-refractivity contribution < 1.29 is 0 Å². The lowest BCUT2D eigenvalue weighted by Crippen LogP contribution is -2.24. The molecule has 0 saturated carbocycles. The first-order valence-corrected chi connectivity index (χ1v) is 6.07. The van der Waals surface area contributed by atoms with Gasteiger partial charge in [0.05, 0.1) is 0 Å². The predicted molar refractivity (Wildman–Crippen MR) is 70.6 cm³/mol. The fourth-order valence-corrected chi connectivity index (χ4v) is 2.15. The summed E-state index contributed by atoms with van der Waals surface area (Å²) in [5, 5.41) is 0. The SMILES string of the molecule is CC(C)c1cccc(C(C)C)c1[C@@H](N)CN. The van der Waals surface area contributed by atoms with Crippen molar-refractivity contribution in [2.24, 2.45) is 11.5 Å². The molecule has 1 aromatic carbocycles. The minimum absolute atomic E-state index is 0.0454. The van der Waals surface area contributed by atoms with E-state index in [0.717, 1.165) is 0 Å². The van der Waals surface area contributed by atoms with E-state index in [4.69, 9.17) is 11.5 Å². The maximum Gasteiger partial charge on any atom is 0.0425 e. The zero-order chi connectivity index (χ0) is 12.3. The highest BCUT2D eigenvalue weighted by molar-refractivity contribution is 5.41. The molecule has 16 heavy (non-hydrogen) atoms. The quantitative estimate of drug-likeness (QED) is 0.819. The van der Waals surface area contributed by atoms with Crippen LogP contribution in [0.2, 0.25) is 0 Å². The molecule has 0 aromatic heterocycles. The topological polar surface area (TPSA) is 52.0 Å². The molecule has 1 atom stereocenters. The number of hydrogen-bond donors (Lipinski definition) is 2. The Bertz CT molecular complexity index is 316. The van der Waals surface area contributed by atoms with Crippen LogP contribution in [0.15, 0.2) is 18.2 Å². The summed E-state index contributed by atoms with van der Waals surface area (Å²) in [4.78, 5) is 0. The summed E-state index contributed by atoms with van der Waals surface area (Å²) in [5.74, 6) is 0.984. The van der Waals surface area contributed by atoms with Gasteiger partial charge < -0.3 is 11.5 Å². The average molecular weight is 220 g/mol. The van der Waals surface area contributed by atoms with Crippen LogP contribution >= 0.6 is 0 Å². The second-order valence-electron chi connectivity index (χ2n) is 5.00. The predicted octanol–water partition coefficient (Wildman–Crippen LogP) is 2.89. The first kappa shape index (κ1) is 13.2. The van der Waals surface area contributed by atoms with Gasteiger partial charge in [0.2, 0.25) is 0 Å². The van der Waals surface area contributed by atoms with Crippen molar-refractivity contribution in [1.82, 2.24) is 0 Å². The lowest BCUT2D eigenvalue weighted by atomic mass is 9.85. The van der Waals surface area contributed by atoms with Crippen LogP contribution < -0.4 is 11.5 Å². The summed E-state index contributed by atoms with van der Waals surface area (Å²) >= 11 is 0. The lowest BCUT2D eigenvalue weighted by molar-refractivity contribution is 0.686. The maximum atomic E-state index is 6.15. The van der Waals surface area contributed by atoms with Crippen LogP contribution in [0.1, 0.15) is 62.3 Å². The van der Waals surface area contributed by atoms with E-state index in [2.05, 4.69) is 45.9 Å². The molecule has 0 aliphatic rings. The van der Waals surface area contributed by atoms with Crippen LogP contribution in [-0.4, -0.2) is 6.54 Å². The molecular formula is C14H24N2. The molecule has 0 aliphatic carbocycles. The Kier molecular flexibility index (Phi) is 4.51. The minimum Gasteiger partial charge on any atom is -0.329 e. The molecule has 0 saturated heterocycles. The molecule has 2 heteroatoms. The number of nitrogens with two attached hydrogens (primary N) is 2. The third-order valence-corrected chi connectivity index (χ3v) is 3.04. The molecule has 0 fully saturated rings. The molecule has 0 spiro atoms. The molecule has 0 aliphatic heterocycles. The Morgan fingerprint density at radius 2 is 1.44 bits per heavy atom. The molecule has 0 unspecified atom stereocenters. The van der Waals surface area contributed by atoms with Gasteiger partial charge in [-0.05, 0) is 28.5 Å². The van der Waals surface area contributed by atoms with Crippen molar-refractivity contribution in [3.05, 3.63) is 34.9 Å². The number of rotatable bonds is 4. The maximum absolute atomic E-state index is 6.15. The number of hydrogen-bond acceptors (Lipinski definition) is 2. The summed E-state index contributed by atoms with van der Waals surface area (Å²) in [7, 11) is 0. The van der Waals surface area contributed by atoms with Crippen molar-refractivity contribution in [1.29, 1.82) is 0 Å². The smallest absolute Gasteiger partial charge is 0.0425 e. The van der Waals surface area contributed by atoms with Gasteiger partial charge in [-0.25, -0.2) is 0 Å². The molecule has 1 rings (SSSR count). The van der Waals surface area contributed by atoms with E-state index >= 15 is 0 Å². The molecule has 0 radical (unpaired) electrons. The molecule has 2 nitrogen and oxygen atoms in total. The van der Waals surface area contributed by atoms with E-state index in [1.165, 1.54) is 16.7 Å². The second kappa shape index (κ2) is 5.46. The van der Waals surface area contributed by atoms with Gasteiger partial charge in [0, 0.05) is 12.6 Å². The zero-order valence-electron chi connectivity index (χ0n) is 10.8. The Labute approximate surface area is 99.0 Å². The van der Waals surface area contributed by atoms with Gasteiger partial charge in [-0.3, -0.25) is 0 Å². The molecular weight excluding hydrogens is 196 g/mol. The highest BCUT2D eigenvalue weighted by Crippen LogP contribution is 2.30. The number of benzene rings is 1. The van der Waals surface area contributed by atoms with E-state index in [-0.39, 0.29) is 6.04 Å². The monoisotopic (exact) mass is 220 g/mol. The summed E-state index contributed by atoms with van der Waals surface area (Å²) in [5.41, 5.74) is 15.8. The van der Waals surface area contributed by atoms with E-state index in [1.807, 2.05) is 0 Å².